The van der Waals surface area contributed by atoms with Crippen molar-refractivity contribution in [1.29, 1.82) is 0 Å². The average Bonchev–Trinajstić information content (AvgIpc) is 2.39. The average molecular weight is 275 g/mol. The highest BCUT2D eigenvalue weighted by atomic mass is 32.1. The molecule has 2 N–H and O–H groups in total. The molecule has 0 bridgehead atoms. The van der Waals surface area contributed by atoms with Gasteiger partial charge in [0.1, 0.15) is 0 Å². The van der Waals surface area contributed by atoms with E-state index >= 15 is 0 Å². The molecule has 102 valence electrons. The summed E-state index contributed by atoms with van der Waals surface area (Å²) in [6.45, 7) is 4.34. The Balaban J connectivity index is 1.84. The van der Waals surface area contributed by atoms with E-state index in [2.05, 4.69) is 41.8 Å². The molecule has 0 heterocycles. The molecule has 0 amide bonds. The third kappa shape index (κ3) is 4.63. The quantitative estimate of drug-likeness (QED) is 0.636. The van der Waals surface area contributed by atoms with Gasteiger partial charge in [0, 0.05) is 11.4 Å². The summed E-state index contributed by atoms with van der Waals surface area (Å²) in [5.41, 5.74) is 6.40. The lowest BCUT2D eigenvalue weighted by atomic mass is 9.89. The van der Waals surface area contributed by atoms with E-state index in [0.717, 1.165) is 24.4 Å². The fourth-order valence-electron chi connectivity index (χ4n) is 2.29. The smallest absolute Gasteiger partial charge is 0.191 e. The highest BCUT2D eigenvalue weighted by Gasteiger charge is 2.13. The van der Waals surface area contributed by atoms with Crippen molar-refractivity contribution in [3.63, 3.8) is 0 Å². The zero-order valence-corrected chi connectivity index (χ0v) is 12.4. The first-order valence-corrected chi connectivity index (χ1v) is 7.23. The molecule has 0 unspecified atom stereocenters. The Morgan fingerprint density at radius 3 is 2.74 bits per heavy atom. The lowest BCUT2D eigenvalue weighted by Crippen LogP contribution is -2.26. The van der Waals surface area contributed by atoms with Crippen LogP contribution in [0.2, 0.25) is 0 Å². The minimum Gasteiger partial charge on any atom is -0.331 e. The zero-order valence-electron chi connectivity index (χ0n) is 11.6. The van der Waals surface area contributed by atoms with Gasteiger partial charge in [-0.05, 0) is 62.9 Å². The van der Waals surface area contributed by atoms with Crippen LogP contribution >= 0.6 is 12.2 Å². The Labute approximate surface area is 120 Å². The van der Waals surface area contributed by atoms with Crippen molar-refractivity contribution in [1.82, 2.24) is 5.43 Å². The van der Waals surface area contributed by atoms with Crippen molar-refractivity contribution < 1.29 is 0 Å². The number of nitrogens with zero attached hydrogens (tertiary/aromatic N) is 1. The normalized spacial score (nSPS) is 21.2. The number of hydrogen-bond acceptors (Lipinski definition) is 2. The van der Waals surface area contributed by atoms with Crippen LogP contribution in [0.4, 0.5) is 5.69 Å². The predicted molar refractivity (Wildman–Crippen MR) is 85.6 cm³/mol. The summed E-state index contributed by atoms with van der Waals surface area (Å²) < 4.78 is 0. The van der Waals surface area contributed by atoms with Gasteiger partial charge >= 0.3 is 0 Å². The maximum absolute atomic E-state index is 5.24. The Kier molecular flexibility index (Phi) is 4.91. The molecule has 0 aliphatic heterocycles. The Morgan fingerprint density at radius 2 is 2.05 bits per heavy atom. The molecule has 1 atom stereocenters. The van der Waals surface area contributed by atoms with E-state index in [4.69, 9.17) is 12.2 Å². The molecule has 0 radical (unpaired) electrons. The monoisotopic (exact) mass is 275 g/mol. The maximum Gasteiger partial charge on any atom is 0.191 e. The van der Waals surface area contributed by atoms with Crippen LogP contribution < -0.4 is 10.7 Å². The number of benzene rings is 1. The highest BCUT2D eigenvalue weighted by Crippen LogP contribution is 2.20. The van der Waals surface area contributed by atoms with Gasteiger partial charge in [0.25, 0.3) is 0 Å². The lowest BCUT2D eigenvalue weighted by molar-refractivity contribution is 0.498. The number of aryl methyl sites for hydroxylation is 1. The first-order valence-electron chi connectivity index (χ1n) is 6.82. The number of anilines is 1. The number of rotatable bonds is 2. The lowest BCUT2D eigenvalue weighted by Gasteiger charge is -2.19. The van der Waals surface area contributed by atoms with Crippen molar-refractivity contribution >= 4 is 28.7 Å². The van der Waals surface area contributed by atoms with Gasteiger partial charge in [0.05, 0.1) is 0 Å². The minimum atomic E-state index is 0.551. The summed E-state index contributed by atoms with van der Waals surface area (Å²) in [6, 6.07) is 8.14. The molecule has 1 aromatic rings. The van der Waals surface area contributed by atoms with Crippen molar-refractivity contribution in [3.8, 4) is 0 Å². The van der Waals surface area contributed by atoms with Gasteiger partial charge in [-0.3, -0.25) is 5.43 Å². The minimum absolute atomic E-state index is 0.551. The molecule has 19 heavy (non-hydrogen) atoms. The first kappa shape index (κ1) is 14.0. The van der Waals surface area contributed by atoms with Gasteiger partial charge in [0.15, 0.2) is 5.11 Å². The largest absolute Gasteiger partial charge is 0.331 e. The van der Waals surface area contributed by atoms with Crippen LogP contribution in [0.25, 0.3) is 0 Å². The van der Waals surface area contributed by atoms with Crippen LogP contribution in [-0.4, -0.2) is 10.8 Å². The summed E-state index contributed by atoms with van der Waals surface area (Å²) in [5.74, 6) is 0.743. The summed E-state index contributed by atoms with van der Waals surface area (Å²) in [6.07, 6.45) is 4.72. The molecular weight excluding hydrogens is 254 g/mol. The van der Waals surface area contributed by atoms with Gasteiger partial charge in [-0.1, -0.05) is 24.6 Å². The van der Waals surface area contributed by atoms with Crippen LogP contribution in [0.15, 0.2) is 29.4 Å². The molecule has 1 fully saturated rings. The van der Waals surface area contributed by atoms with Gasteiger partial charge in [0.2, 0.25) is 0 Å². The van der Waals surface area contributed by atoms with E-state index in [1.807, 2.05) is 12.1 Å². The molecule has 0 spiro atoms. The van der Waals surface area contributed by atoms with E-state index in [1.54, 1.807) is 0 Å². The molecule has 1 aliphatic rings. The summed E-state index contributed by atoms with van der Waals surface area (Å²) in [7, 11) is 0. The maximum atomic E-state index is 5.24. The zero-order chi connectivity index (χ0) is 13.7. The molecule has 2 rings (SSSR count). The molecule has 4 heteroatoms. The van der Waals surface area contributed by atoms with Crippen molar-refractivity contribution in [2.75, 3.05) is 5.32 Å². The third-order valence-electron chi connectivity index (χ3n) is 3.37. The van der Waals surface area contributed by atoms with E-state index in [0.29, 0.717) is 5.11 Å². The summed E-state index contributed by atoms with van der Waals surface area (Å²) in [5, 5.41) is 8.09. The molecule has 0 saturated heterocycles. The van der Waals surface area contributed by atoms with Crippen LogP contribution in [0.5, 0.6) is 0 Å². The fraction of sp³-hybridized carbons (Fsp3) is 0.467. The Bertz CT molecular complexity index is 465. The SMILES string of the molecule is Cc1ccc(NC(=S)N/N=C2\CCC[C@@H](C)C2)cc1. The second-order valence-electron chi connectivity index (χ2n) is 5.31. The third-order valence-corrected chi connectivity index (χ3v) is 3.56. The van der Waals surface area contributed by atoms with Crippen LogP contribution in [0, 0.1) is 12.8 Å². The molecule has 3 nitrogen and oxygen atoms in total. The van der Waals surface area contributed by atoms with Gasteiger partial charge in [-0.2, -0.15) is 5.10 Å². The molecule has 1 aromatic carbocycles. The van der Waals surface area contributed by atoms with Gasteiger partial charge < -0.3 is 5.32 Å². The number of thiocarbonyl (C=S) groups is 1. The highest BCUT2D eigenvalue weighted by molar-refractivity contribution is 7.80. The summed E-state index contributed by atoms with van der Waals surface area (Å²) >= 11 is 5.24. The molecule has 1 aliphatic carbocycles. The number of hydrazone groups is 1. The number of nitrogens with one attached hydrogen (secondary N) is 2. The second-order valence-corrected chi connectivity index (χ2v) is 5.72. The fourth-order valence-corrected chi connectivity index (χ4v) is 2.45. The van der Waals surface area contributed by atoms with Crippen LogP contribution in [0.3, 0.4) is 0 Å². The topological polar surface area (TPSA) is 36.4 Å². The van der Waals surface area contributed by atoms with Crippen molar-refractivity contribution in [2.24, 2.45) is 11.0 Å². The van der Waals surface area contributed by atoms with Gasteiger partial charge in [-0.25, -0.2) is 0 Å². The standard InChI is InChI=1S/C15H21N3S/c1-11-6-8-13(9-7-11)16-15(19)18-17-14-5-3-4-12(2)10-14/h6-9,12H,3-5,10H2,1-2H3,(H2,16,18,19)/b17-14+/t12-/m1/s1. The van der Waals surface area contributed by atoms with Crippen LogP contribution in [0.1, 0.15) is 38.2 Å². The molecular formula is C15H21N3S. The predicted octanol–water partition coefficient (Wildman–Crippen LogP) is 3.85. The molecule has 0 aromatic heterocycles. The van der Waals surface area contributed by atoms with E-state index in [1.165, 1.54) is 24.1 Å². The molecule has 1 saturated carbocycles. The number of hydrogen-bond donors (Lipinski definition) is 2. The van der Waals surface area contributed by atoms with Crippen molar-refractivity contribution in [3.05, 3.63) is 29.8 Å². The van der Waals surface area contributed by atoms with Crippen molar-refractivity contribution in [2.45, 2.75) is 39.5 Å². The van der Waals surface area contributed by atoms with E-state index < -0.39 is 0 Å². The van der Waals surface area contributed by atoms with E-state index in [-0.39, 0.29) is 0 Å². The Hall–Kier alpha value is -1.42. The first-order chi connectivity index (χ1) is 9.13. The van der Waals surface area contributed by atoms with Crippen LogP contribution in [-0.2, 0) is 0 Å². The second kappa shape index (κ2) is 6.66. The van der Waals surface area contributed by atoms with Gasteiger partial charge in [-0.15, -0.1) is 0 Å². The summed E-state index contributed by atoms with van der Waals surface area (Å²) in [4.78, 5) is 0. The van der Waals surface area contributed by atoms with E-state index in [9.17, 15) is 0 Å². The Morgan fingerprint density at radius 1 is 1.32 bits per heavy atom.